The Morgan fingerprint density at radius 3 is 2.54 bits per heavy atom. The highest BCUT2D eigenvalue weighted by Gasteiger charge is 2.37. The van der Waals surface area contributed by atoms with Crippen molar-refractivity contribution in [2.75, 3.05) is 5.43 Å². The third-order valence-corrected chi connectivity index (χ3v) is 4.52. The highest BCUT2D eigenvalue weighted by Crippen LogP contribution is 2.34. The first-order valence-electron chi connectivity index (χ1n) is 8.64. The number of hydrogen-bond acceptors (Lipinski definition) is 8. The minimum absolute atomic E-state index is 0.0313. The molecule has 0 aromatic heterocycles. The SMILES string of the molecule is CC(=O)OC(C)(C)[C@@H]1CCC(C)=C/C1=N\Nc1ccc([N+](=O)[O-])cc1[N+](=O)[O-]. The Morgan fingerprint density at radius 1 is 1.29 bits per heavy atom. The van der Waals surface area contributed by atoms with Gasteiger partial charge in [0, 0.05) is 18.9 Å². The molecular formula is C18H22N4O6. The van der Waals surface area contributed by atoms with Crippen LogP contribution in [0.3, 0.4) is 0 Å². The number of anilines is 1. The van der Waals surface area contributed by atoms with Gasteiger partial charge < -0.3 is 4.74 Å². The van der Waals surface area contributed by atoms with Gasteiger partial charge in [-0.1, -0.05) is 5.57 Å². The van der Waals surface area contributed by atoms with Crippen molar-refractivity contribution in [3.8, 4) is 0 Å². The number of esters is 1. The Hall–Kier alpha value is -3.30. The first-order chi connectivity index (χ1) is 13.0. The monoisotopic (exact) mass is 390 g/mol. The summed E-state index contributed by atoms with van der Waals surface area (Å²) in [6.07, 6.45) is 3.36. The molecule has 10 nitrogen and oxygen atoms in total. The third kappa shape index (κ3) is 4.90. The Balaban J connectivity index is 2.39. The van der Waals surface area contributed by atoms with Gasteiger partial charge in [-0.3, -0.25) is 30.4 Å². The minimum Gasteiger partial charge on any atom is -0.459 e. The van der Waals surface area contributed by atoms with Gasteiger partial charge in [0.05, 0.1) is 21.6 Å². The van der Waals surface area contributed by atoms with Crippen molar-refractivity contribution in [2.45, 2.75) is 46.1 Å². The number of ether oxygens (including phenoxy) is 1. The van der Waals surface area contributed by atoms with Gasteiger partial charge in [-0.25, -0.2) is 0 Å². The molecular weight excluding hydrogens is 368 g/mol. The molecule has 1 N–H and O–H groups in total. The molecule has 28 heavy (non-hydrogen) atoms. The van der Waals surface area contributed by atoms with Gasteiger partial charge in [0.1, 0.15) is 11.3 Å². The highest BCUT2D eigenvalue weighted by molar-refractivity contribution is 5.99. The number of carbonyl (C=O) groups excluding carboxylic acids is 1. The van der Waals surface area contributed by atoms with Gasteiger partial charge in [0.2, 0.25) is 0 Å². The first-order valence-corrected chi connectivity index (χ1v) is 8.64. The van der Waals surface area contributed by atoms with Crippen LogP contribution in [0, 0.1) is 26.1 Å². The van der Waals surface area contributed by atoms with Crippen molar-refractivity contribution in [3.05, 3.63) is 50.1 Å². The maximum absolute atomic E-state index is 11.4. The molecule has 0 bridgehead atoms. The lowest BCUT2D eigenvalue weighted by atomic mass is 9.78. The van der Waals surface area contributed by atoms with Crippen molar-refractivity contribution >= 4 is 28.7 Å². The molecule has 0 fully saturated rings. The summed E-state index contributed by atoms with van der Waals surface area (Å²) in [6, 6.07) is 3.29. The summed E-state index contributed by atoms with van der Waals surface area (Å²) in [5, 5.41) is 26.4. The molecule has 0 saturated heterocycles. The molecule has 0 unspecified atom stereocenters. The van der Waals surface area contributed by atoms with Gasteiger partial charge in [-0.2, -0.15) is 5.10 Å². The van der Waals surface area contributed by atoms with E-state index in [0.29, 0.717) is 12.1 Å². The predicted molar refractivity (Wildman–Crippen MR) is 103 cm³/mol. The first kappa shape index (κ1) is 21.0. The van der Waals surface area contributed by atoms with Gasteiger partial charge in [-0.15, -0.1) is 0 Å². The maximum Gasteiger partial charge on any atom is 0.303 e. The Bertz CT molecular complexity index is 875. The van der Waals surface area contributed by atoms with E-state index in [0.717, 1.165) is 24.1 Å². The van der Waals surface area contributed by atoms with Crippen molar-refractivity contribution in [2.24, 2.45) is 11.0 Å². The van der Waals surface area contributed by atoms with E-state index in [1.807, 2.05) is 13.0 Å². The molecule has 1 aliphatic carbocycles. The number of hydrazone groups is 1. The van der Waals surface area contributed by atoms with Crippen LogP contribution in [0.4, 0.5) is 17.1 Å². The van der Waals surface area contributed by atoms with Crippen molar-refractivity contribution in [1.29, 1.82) is 0 Å². The molecule has 0 radical (unpaired) electrons. The van der Waals surface area contributed by atoms with E-state index in [-0.39, 0.29) is 17.3 Å². The second kappa shape index (κ2) is 8.15. The van der Waals surface area contributed by atoms with E-state index in [1.54, 1.807) is 13.8 Å². The molecule has 1 aromatic carbocycles. The predicted octanol–water partition coefficient (Wildman–Crippen LogP) is 3.97. The average Bonchev–Trinajstić information content (AvgIpc) is 2.58. The van der Waals surface area contributed by atoms with E-state index in [1.165, 1.54) is 13.0 Å². The summed E-state index contributed by atoms with van der Waals surface area (Å²) in [5.41, 5.74) is 2.69. The number of benzene rings is 1. The molecule has 0 amide bonds. The number of allylic oxidation sites excluding steroid dienone is 2. The average molecular weight is 390 g/mol. The largest absolute Gasteiger partial charge is 0.459 e. The minimum atomic E-state index is -0.815. The normalized spacial score (nSPS) is 18.4. The lowest BCUT2D eigenvalue weighted by Crippen LogP contribution is -2.41. The Labute approximate surface area is 161 Å². The van der Waals surface area contributed by atoms with Crippen LogP contribution in [-0.2, 0) is 9.53 Å². The van der Waals surface area contributed by atoms with E-state index in [4.69, 9.17) is 4.74 Å². The summed E-state index contributed by atoms with van der Waals surface area (Å²) < 4.78 is 5.44. The van der Waals surface area contributed by atoms with Crippen LogP contribution in [0.15, 0.2) is 34.9 Å². The van der Waals surface area contributed by atoms with Gasteiger partial charge in [0.25, 0.3) is 5.69 Å². The van der Waals surface area contributed by atoms with Crippen LogP contribution >= 0.6 is 0 Å². The molecule has 150 valence electrons. The smallest absolute Gasteiger partial charge is 0.303 e. The number of non-ortho nitro benzene ring substituents is 1. The quantitative estimate of drug-likeness (QED) is 0.441. The van der Waals surface area contributed by atoms with Crippen molar-refractivity contribution < 1.29 is 19.4 Å². The molecule has 1 aliphatic rings. The third-order valence-electron chi connectivity index (χ3n) is 4.52. The Morgan fingerprint density at radius 2 is 1.96 bits per heavy atom. The number of nitro benzene ring substituents is 2. The summed E-state index contributed by atoms with van der Waals surface area (Å²) >= 11 is 0. The summed E-state index contributed by atoms with van der Waals surface area (Å²) in [6.45, 7) is 6.86. The maximum atomic E-state index is 11.4. The standard InChI is InChI=1S/C18H22N4O6/c1-11-5-7-14(18(3,4)28-12(2)23)16(9-11)20-19-15-8-6-13(21(24)25)10-17(15)22(26)27/h6,8-10,14,19H,5,7H2,1-4H3/b20-16+/t14-/m1/s1. The second-order valence-electron chi connectivity index (χ2n) is 7.14. The van der Waals surface area contributed by atoms with E-state index in [9.17, 15) is 25.0 Å². The molecule has 0 heterocycles. The fourth-order valence-corrected chi connectivity index (χ4v) is 3.20. The van der Waals surface area contributed by atoms with Crippen LogP contribution in [0.1, 0.15) is 40.5 Å². The van der Waals surface area contributed by atoms with Crippen LogP contribution in [0.2, 0.25) is 0 Å². The van der Waals surface area contributed by atoms with Gasteiger partial charge in [0.15, 0.2) is 0 Å². The molecule has 2 rings (SSSR count). The molecule has 1 atom stereocenters. The lowest BCUT2D eigenvalue weighted by Gasteiger charge is -2.36. The molecule has 0 aliphatic heterocycles. The van der Waals surface area contributed by atoms with E-state index >= 15 is 0 Å². The van der Waals surface area contributed by atoms with E-state index < -0.39 is 27.1 Å². The number of nitrogens with one attached hydrogen (secondary N) is 1. The molecule has 0 saturated carbocycles. The van der Waals surface area contributed by atoms with Crippen LogP contribution in [0.5, 0.6) is 0 Å². The molecule has 0 spiro atoms. The fourth-order valence-electron chi connectivity index (χ4n) is 3.20. The zero-order chi connectivity index (χ0) is 21.1. The van der Waals surface area contributed by atoms with Crippen molar-refractivity contribution in [1.82, 2.24) is 0 Å². The highest BCUT2D eigenvalue weighted by atomic mass is 16.6. The Kier molecular flexibility index (Phi) is 6.12. The zero-order valence-corrected chi connectivity index (χ0v) is 16.1. The number of nitrogens with zero attached hydrogens (tertiary/aromatic N) is 3. The zero-order valence-electron chi connectivity index (χ0n) is 16.1. The number of hydrogen-bond donors (Lipinski definition) is 1. The van der Waals surface area contributed by atoms with Gasteiger partial charge in [-0.05, 0) is 45.8 Å². The van der Waals surface area contributed by atoms with Crippen molar-refractivity contribution in [3.63, 3.8) is 0 Å². The van der Waals surface area contributed by atoms with Crippen LogP contribution in [-0.4, -0.2) is 27.1 Å². The molecule has 10 heteroatoms. The molecule has 1 aromatic rings. The summed E-state index contributed by atoms with van der Waals surface area (Å²) in [5.74, 6) is -0.626. The van der Waals surface area contributed by atoms with Gasteiger partial charge >= 0.3 is 11.7 Å². The lowest BCUT2D eigenvalue weighted by molar-refractivity contribution is -0.393. The second-order valence-corrected chi connectivity index (χ2v) is 7.14. The van der Waals surface area contributed by atoms with E-state index in [2.05, 4.69) is 10.5 Å². The van der Waals surface area contributed by atoms with Crippen LogP contribution < -0.4 is 5.43 Å². The fraction of sp³-hybridized carbons (Fsp3) is 0.444. The number of nitro groups is 2. The van der Waals surface area contributed by atoms with Crippen LogP contribution in [0.25, 0.3) is 0 Å². The number of carbonyl (C=O) groups is 1. The topological polar surface area (TPSA) is 137 Å². The number of rotatable bonds is 6. The summed E-state index contributed by atoms with van der Waals surface area (Å²) in [4.78, 5) is 32.1. The summed E-state index contributed by atoms with van der Waals surface area (Å²) in [7, 11) is 0.